The van der Waals surface area contributed by atoms with E-state index >= 15 is 0 Å². The molecule has 0 aliphatic carbocycles. The van der Waals surface area contributed by atoms with Crippen molar-refractivity contribution in [3.63, 3.8) is 0 Å². The number of para-hydroxylation sites is 1. The van der Waals surface area contributed by atoms with Crippen molar-refractivity contribution in [2.75, 3.05) is 0 Å². The van der Waals surface area contributed by atoms with Gasteiger partial charge in [-0.05, 0) is 29.8 Å². The lowest BCUT2D eigenvalue weighted by molar-refractivity contribution is -0.385. The van der Waals surface area contributed by atoms with Crippen LogP contribution in [0.5, 0.6) is 0 Å². The molecular formula is C15H9FN2O2. The van der Waals surface area contributed by atoms with Crippen LogP contribution in [0.4, 0.5) is 10.1 Å². The standard InChI is InChI=1S/C15H9FN2O2/c16-14-6-3-5-11(9-14)13(10-17)8-12-4-1-2-7-15(12)18(19)20/h1-9H/b13-8-. The molecule has 0 radical (unpaired) electrons. The van der Waals surface area contributed by atoms with E-state index in [1.165, 1.54) is 36.4 Å². The molecule has 0 saturated heterocycles. The van der Waals surface area contributed by atoms with Gasteiger partial charge in [0.05, 0.1) is 22.1 Å². The summed E-state index contributed by atoms with van der Waals surface area (Å²) in [4.78, 5) is 10.4. The smallest absolute Gasteiger partial charge is 0.258 e. The van der Waals surface area contributed by atoms with Crippen LogP contribution in [-0.4, -0.2) is 4.92 Å². The third kappa shape index (κ3) is 2.87. The van der Waals surface area contributed by atoms with Crippen LogP contribution in [0.15, 0.2) is 48.5 Å². The molecule has 5 heteroatoms. The number of nitro groups is 1. The molecule has 0 fully saturated rings. The molecule has 0 aromatic heterocycles. The first kappa shape index (κ1) is 13.4. The van der Waals surface area contributed by atoms with Crippen LogP contribution < -0.4 is 0 Å². The molecular weight excluding hydrogens is 259 g/mol. The Morgan fingerprint density at radius 1 is 1.25 bits per heavy atom. The normalized spacial score (nSPS) is 10.9. The van der Waals surface area contributed by atoms with Gasteiger partial charge in [-0.15, -0.1) is 0 Å². The molecule has 2 rings (SSSR count). The average Bonchev–Trinajstić information content (AvgIpc) is 2.45. The van der Waals surface area contributed by atoms with Gasteiger partial charge >= 0.3 is 0 Å². The number of halogens is 1. The van der Waals surface area contributed by atoms with Crippen LogP contribution in [0.3, 0.4) is 0 Å². The predicted molar refractivity (Wildman–Crippen MR) is 73.0 cm³/mol. The average molecular weight is 268 g/mol. The summed E-state index contributed by atoms with van der Waals surface area (Å²) < 4.78 is 13.2. The van der Waals surface area contributed by atoms with Crippen molar-refractivity contribution in [2.24, 2.45) is 0 Å². The third-order valence-corrected chi connectivity index (χ3v) is 2.69. The van der Waals surface area contributed by atoms with Crippen LogP contribution in [0.1, 0.15) is 11.1 Å². The summed E-state index contributed by atoms with van der Waals surface area (Å²) in [5, 5.41) is 20.1. The zero-order valence-corrected chi connectivity index (χ0v) is 10.3. The van der Waals surface area contributed by atoms with E-state index in [-0.39, 0.29) is 11.3 Å². The second-order valence-electron chi connectivity index (χ2n) is 4.00. The van der Waals surface area contributed by atoms with E-state index in [4.69, 9.17) is 5.26 Å². The quantitative estimate of drug-likeness (QED) is 0.368. The van der Waals surface area contributed by atoms with Gasteiger partial charge in [0.2, 0.25) is 0 Å². The molecule has 4 nitrogen and oxygen atoms in total. The fraction of sp³-hybridized carbons (Fsp3) is 0. The highest BCUT2D eigenvalue weighted by atomic mass is 19.1. The van der Waals surface area contributed by atoms with Gasteiger partial charge in [0.15, 0.2) is 0 Å². The van der Waals surface area contributed by atoms with Gasteiger partial charge in [-0.2, -0.15) is 5.26 Å². The molecule has 2 aromatic rings. The molecule has 0 saturated carbocycles. The Hall–Kier alpha value is -3.00. The van der Waals surface area contributed by atoms with Crippen molar-refractivity contribution in [3.05, 3.63) is 75.6 Å². The van der Waals surface area contributed by atoms with Crippen LogP contribution in [0.25, 0.3) is 11.6 Å². The number of nitriles is 1. The number of rotatable bonds is 3. The van der Waals surface area contributed by atoms with Crippen LogP contribution in [-0.2, 0) is 0 Å². The zero-order valence-electron chi connectivity index (χ0n) is 10.3. The highest BCUT2D eigenvalue weighted by molar-refractivity contribution is 5.91. The summed E-state index contributed by atoms with van der Waals surface area (Å²) >= 11 is 0. The van der Waals surface area contributed by atoms with Gasteiger partial charge in [-0.25, -0.2) is 4.39 Å². The van der Waals surface area contributed by atoms with Gasteiger partial charge in [0.1, 0.15) is 5.82 Å². The molecule has 0 unspecified atom stereocenters. The molecule has 0 amide bonds. The van der Waals surface area contributed by atoms with Crippen molar-refractivity contribution in [3.8, 4) is 6.07 Å². The number of hydrogen-bond acceptors (Lipinski definition) is 3. The SMILES string of the molecule is N#C/C(=C/c1ccccc1[N+](=O)[O-])c1cccc(F)c1. The van der Waals surface area contributed by atoms with Crippen LogP contribution >= 0.6 is 0 Å². The van der Waals surface area contributed by atoms with Crippen LogP contribution in [0.2, 0.25) is 0 Å². The molecule has 0 heterocycles. The molecule has 0 atom stereocenters. The largest absolute Gasteiger partial charge is 0.276 e. The van der Waals surface area contributed by atoms with Gasteiger partial charge in [-0.1, -0.05) is 24.3 Å². The van der Waals surface area contributed by atoms with E-state index in [0.717, 1.165) is 0 Å². The minimum absolute atomic E-state index is 0.100. The lowest BCUT2D eigenvalue weighted by Crippen LogP contribution is -1.91. The summed E-state index contributed by atoms with van der Waals surface area (Å²) in [5.74, 6) is -0.466. The number of allylic oxidation sites excluding steroid dienone is 1. The van der Waals surface area contributed by atoms with E-state index in [1.807, 2.05) is 6.07 Å². The van der Waals surface area contributed by atoms with Crippen molar-refractivity contribution < 1.29 is 9.31 Å². The number of nitro benzene ring substituents is 1. The summed E-state index contributed by atoms with van der Waals surface area (Å²) in [6, 6.07) is 13.5. The fourth-order valence-electron chi connectivity index (χ4n) is 1.77. The minimum Gasteiger partial charge on any atom is -0.258 e. The van der Waals surface area contributed by atoms with Gasteiger partial charge in [0.25, 0.3) is 5.69 Å². The summed E-state index contributed by atoms with van der Waals surface area (Å²) in [5.41, 5.74) is 0.749. The Kier molecular flexibility index (Phi) is 3.87. The fourth-order valence-corrected chi connectivity index (χ4v) is 1.77. The Balaban J connectivity index is 2.53. The lowest BCUT2D eigenvalue weighted by Gasteiger charge is -2.01. The topological polar surface area (TPSA) is 66.9 Å². The van der Waals surface area contributed by atoms with E-state index in [9.17, 15) is 14.5 Å². The Morgan fingerprint density at radius 3 is 2.65 bits per heavy atom. The zero-order chi connectivity index (χ0) is 14.5. The maximum atomic E-state index is 13.2. The molecule has 0 spiro atoms. The van der Waals surface area contributed by atoms with Crippen LogP contribution in [0, 0.1) is 27.3 Å². The Labute approximate surface area is 114 Å². The Morgan fingerprint density at radius 2 is 2.00 bits per heavy atom. The van der Waals surface area contributed by atoms with Crippen molar-refractivity contribution in [1.82, 2.24) is 0 Å². The summed E-state index contributed by atoms with van der Waals surface area (Å²) in [6.45, 7) is 0. The third-order valence-electron chi connectivity index (χ3n) is 2.69. The second-order valence-corrected chi connectivity index (χ2v) is 4.00. The molecule has 20 heavy (non-hydrogen) atoms. The predicted octanol–water partition coefficient (Wildman–Crippen LogP) is 3.80. The molecule has 0 bridgehead atoms. The molecule has 0 aliphatic rings. The van der Waals surface area contributed by atoms with Crippen molar-refractivity contribution >= 4 is 17.3 Å². The first-order valence-electron chi connectivity index (χ1n) is 5.73. The highest BCUT2D eigenvalue weighted by Crippen LogP contribution is 2.24. The molecule has 2 aromatic carbocycles. The highest BCUT2D eigenvalue weighted by Gasteiger charge is 2.12. The van der Waals surface area contributed by atoms with E-state index in [0.29, 0.717) is 11.1 Å². The first-order chi connectivity index (χ1) is 9.61. The lowest BCUT2D eigenvalue weighted by atomic mass is 10.0. The minimum atomic E-state index is -0.521. The van der Waals surface area contributed by atoms with E-state index < -0.39 is 10.7 Å². The molecule has 0 aliphatic heterocycles. The monoisotopic (exact) mass is 268 g/mol. The summed E-state index contributed by atoms with van der Waals surface area (Å²) in [6.07, 6.45) is 1.38. The number of benzene rings is 2. The molecule has 98 valence electrons. The van der Waals surface area contributed by atoms with Crippen molar-refractivity contribution in [2.45, 2.75) is 0 Å². The van der Waals surface area contributed by atoms with Gasteiger partial charge in [-0.3, -0.25) is 10.1 Å². The second kappa shape index (κ2) is 5.76. The van der Waals surface area contributed by atoms with E-state index in [1.54, 1.807) is 18.2 Å². The maximum Gasteiger partial charge on any atom is 0.276 e. The Bertz CT molecular complexity index is 733. The first-order valence-corrected chi connectivity index (χ1v) is 5.73. The van der Waals surface area contributed by atoms with Gasteiger partial charge in [0, 0.05) is 6.07 Å². The summed E-state index contributed by atoms with van der Waals surface area (Å²) in [7, 11) is 0. The molecule has 0 N–H and O–H groups in total. The number of hydrogen-bond donors (Lipinski definition) is 0. The number of nitrogens with zero attached hydrogens (tertiary/aromatic N) is 2. The van der Waals surface area contributed by atoms with Crippen molar-refractivity contribution in [1.29, 1.82) is 5.26 Å². The van der Waals surface area contributed by atoms with E-state index in [2.05, 4.69) is 0 Å². The van der Waals surface area contributed by atoms with Gasteiger partial charge < -0.3 is 0 Å². The maximum absolute atomic E-state index is 13.2.